The van der Waals surface area contributed by atoms with E-state index in [-0.39, 0.29) is 11.8 Å². The number of aliphatic carboxylic acids is 1. The summed E-state index contributed by atoms with van der Waals surface area (Å²) in [6.07, 6.45) is 5.36. The molecule has 0 spiro atoms. The van der Waals surface area contributed by atoms with Crippen LogP contribution in [0.2, 0.25) is 0 Å². The second kappa shape index (κ2) is 2.97. The van der Waals surface area contributed by atoms with Crippen molar-refractivity contribution in [2.75, 3.05) is 0 Å². The van der Waals surface area contributed by atoms with E-state index < -0.39 is 16.9 Å². The molecule has 0 aromatic heterocycles. The minimum absolute atomic E-state index is 0.293. The number of hydrogen-bond acceptors (Lipinski definition) is 3. The molecule has 2 saturated carbocycles. The molecule has 3 rings (SSSR count). The zero-order chi connectivity index (χ0) is 12.3. The van der Waals surface area contributed by atoms with Crippen molar-refractivity contribution in [1.29, 1.82) is 0 Å². The average molecular weight is 235 g/mol. The van der Waals surface area contributed by atoms with E-state index in [1.54, 1.807) is 0 Å². The number of carbonyl (C=O) groups excluding carboxylic acids is 2. The van der Waals surface area contributed by atoms with E-state index in [9.17, 15) is 19.5 Å². The highest BCUT2D eigenvalue weighted by Crippen LogP contribution is 2.59. The summed E-state index contributed by atoms with van der Waals surface area (Å²) < 4.78 is 0. The topological polar surface area (TPSA) is 74.7 Å². The summed E-state index contributed by atoms with van der Waals surface area (Å²) in [4.78, 5) is 36.0. The summed E-state index contributed by atoms with van der Waals surface area (Å²) in [6.45, 7) is 0. The number of imide groups is 1. The van der Waals surface area contributed by atoms with E-state index in [1.807, 2.05) is 0 Å². The maximum Gasteiger partial charge on any atom is 0.309 e. The summed E-state index contributed by atoms with van der Waals surface area (Å²) >= 11 is 0. The monoisotopic (exact) mass is 235 g/mol. The first-order chi connectivity index (χ1) is 7.99. The molecule has 90 valence electrons. The zero-order valence-electron chi connectivity index (χ0n) is 9.31. The molecule has 0 saturated heterocycles. The fourth-order valence-corrected chi connectivity index (χ4v) is 3.64. The molecule has 0 aromatic carbocycles. The van der Waals surface area contributed by atoms with Crippen LogP contribution in [0, 0.1) is 5.41 Å². The van der Waals surface area contributed by atoms with Crippen molar-refractivity contribution in [2.45, 2.75) is 37.6 Å². The molecular weight excluding hydrogens is 222 g/mol. The first-order valence-corrected chi connectivity index (χ1v) is 5.79. The highest BCUT2D eigenvalue weighted by atomic mass is 16.4. The van der Waals surface area contributed by atoms with Crippen LogP contribution in [0.3, 0.4) is 0 Å². The van der Waals surface area contributed by atoms with Gasteiger partial charge in [0.05, 0.1) is 11.0 Å². The summed E-state index contributed by atoms with van der Waals surface area (Å²) in [7, 11) is 0. The number of carbonyl (C=O) groups is 3. The molecule has 0 unspecified atom stereocenters. The molecule has 2 amide bonds. The lowest BCUT2D eigenvalue weighted by atomic mass is 9.84. The average Bonchev–Trinajstić information content (AvgIpc) is 2.92. The molecule has 1 N–H and O–H groups in total. The lowest BCUT2D eigenvalue weighted by Crippen LogP contribution is -2.49. The van der Waals surface area contributed by atoms with Gasteiger partial charge in [-0.05, 0) is 32.1 Å². The van der Waals surface area contributed by atoms with Gasteiger partial charge in [-0.2, -0.15) is 0 Å². The van der Waals surface area contributed by atoms with Crippen LogP contribution in [0.4, 0.5) is 0 Å². The number of carboxylic acids is 1. The smallest absolute Gasteiger partial charge is 0.309 e. The Kier molecular flexibility index (Phi) is 1.83. The van der Waals surface area contributed by atoms with E-state index in [2.05, 4.69) is 0 Å². The maximum atomic E-state index is 11.7. The third-order valence-electron chi connectivity index (χ3n) is 4.54. The van der Waals surface area contributed by atoms with E-state index in [0.717, 1.165) is 0 Å². The number of hydrogen-bond donors (Lipinski definition) is 1. The van der Waals surface area contributed by atoms with Crippen LogP contribution in [0.5, 0.6) is 0 Å². The van der Waals surface area contributed by atoms with Gasteiger partial charge >= 0.3 is 5.97 Å². The lowest BCUT2D eigenvalue weighted by molar-refractivity contribution is -0.149. The van der Waals surface area contributed by atoms with Gasteiger partial charge in [0.2, 0.25) is 0 Å². The Morgan fingerprint density at radius 2 is 1.65 bits per heavy atom. The third-order valence-corrected chi connectivity index (χ3v) is 4.54. The van der Waals surface area contributed by atoms with Gasteiger partial charge in [0.1, 0.15) is 0 Å². The van der Waals surface area contributed by atoms with Gasteiger partial charge in [-0.25, -0.2) is 0 Å². The molecule has 0 aromatic rings. The van der Waals surface area contributed by atoms with Gasteiger partial charge in [0, 0.05) is 12.2 Å². The Morgan fingerprint density at radius 3 is 2.06 bits per heavy atom. The largest absolute Gasteiger partial charge is 0.481 e. The number of amides is 2. The minimum atomic E-state index is -0.788. The number of carboxylic acid groups (broad SMARTS) is 1. The van der Waals surface area contributed by atoms with Gasteiger partial charge in [0.25, 0.3) is 11.8 Å². The Balaban J connectivity index is 1.94. The summed E-state index contributed by atoms with van der Waals surface area (Å²) in [6, 6.07) is 0. The van der Waals surface area contributed by atoms with Crippen LogP contribution in [-0.4, -0.2) is 33.3 Å². The van der Waals surface area contributed by atoms with Crippen LogP contribution in [0.1, 0.15) is 32.1 Å². The molecular formula is C12H13NO4. The lowest BCUT2D eigenvalue weighted by Gasteiger charge is -2.35. The Hall–Kier alpha value is -1.65. The third kappa shape index (κ3) is 1.16. The molecule has 1 aliphatic heterocycles. The van der Waals surface area contributed by atoms with Gasteiger partial charge in [-0.3, -0.25) is 19.3 Å². The van der Waals surface area contributed by atoms with Crippen molar-refractivity contribution in [2.24, 2.45) is 5.41 Å². The molecule has 2 aliphatic carbocycles. The van der Waals surface area contributed by atoms with E-state index in [1.165, 1.54) is 17.1 Å². The molecule has 3 aliphatic rings. The summed E-state index contributed by atoms with van der Waals surface area (Å²) in [5.41, 5.74) is -1.24. The predicted molar refractivity (Wildman–Crippen MR) is 56.9 cm³/mol. The Labute approximate surface area is 98.1 Å². The standard InChI is InChI=1S/C12H13NO4/c14-8-1-2-9(15)13(8)12-5-3-11(7-12,4-6-12)10(16)17/h1-2H,3-7H2,(H,16,17). The second-order valence-corrected chi connectivity index (χ2v) is 5.33. The van der Waals surface area contributed by atoms with Gasteiger partial charge in [-0.15, -0.1) is 0 Å². The number of nitrogens with zero attached hydrogens (tertiary/aromatic N) is 1. The molecule has 0 radical (unpaired) electrons. The SMILES string of the molecule is O=C1C=CC(=O)N1C12CCC(C(=O)O)(CC1)C2. The first kappa shape index (κ1) is 10.5. The molecule has 2 fully saturated rings. The van der Waals surface area contributed by atoms with E-state index >= 15 is 0 Å². The van der Waals surface area contributed by atoms with E-state index in [4.69, 9.17) is 0 Å². The van der Waals surface area contributed by atoms with Crippen LogP contribution >= 0.6 is 0 Å². The Morgan fingerprint density at radius 1 is 1.12 bits per heavy atom. The normalized spacial score (nSPS) is 39.4. The highest BCUT2D eigenvalue weighted by molar-refractivity contribution is 6.13. The van der Waals surface area contributed by atoms with Gasteiger partial charge < -0.3 is 5.11 Å². The van der Waals surface area contributed by atoms with Crippen molar-refractivity contribution in [3.05, 3.63) is 12.2 Å². The minimum Gasteiger partial charge on any atom is -0.481 e. The highest BCUT2D eigenvalue weighted by Gasteiger charge is 2.62. The van der Waals surface area contributed by atoms with Crippen LogP contribution in [0.15, 0.2) is 12.2 Å². The van der Waals surface area contributed by atoms with Crippen molar-refractivity contribution >= 4 is 17.8 Å². The molecule has 5 nitrogen and oxygen atoms in total. The molecule has 5 heteroatoms. The van der Waals surface area contributed by atoms with Crippen LogP contribution in [-0.2, 0) is 14.4 Å². The predicted octanol–water partition coefficient (Wildman–Crippen LogP) is 0.699. The molecule has 0 atom stereocenters. The zero-order valence-corrected chi connectivity index (χ0v) is 9.31. The van der Waals surface area contributed by atoms with Crippen molar-refractivity contribution in [3.63, 3.8) is 0 Å². The summed E-state index contributed by atoms with van der Waals surface area (Å²) in [5, 5.41) is 9.28. The van der Waals surface area contributed by atoms with Crippen LogP contribution in [0.25, 0.3) is 0 Å². The fraction of sp³-hybridized carbons (Fsp3) is 0.583. The Bertz CT molecular complexity index is 439. The van der Waals surface area contributed by atoms with E-state index in [0.29, 0.717) is 32.1 Å². The van der Waals surface area contributed by atoms with Crippen molar-refractivity contribution in [3.8, 4) is 0 Å². The maximum absolute atomic E-state index is 11.7. The van der Waals surface area contributed by atoms with Crippen molar-refractivity contribution < 1.29 is 19.5 Å². The van der Waals surface area contributed by atoms with Crippen LogP contribution < -0.4 is 0 Å². The molecule has 17 heavy (non-hydrogen) atoms. The van der Waals surface area contributed by atoms with Crippen molar-refractivity contribution in [1.82, 2.24) is 4.90 Å². The van der Waals surface area contributed by atoms with Gasteiger partial charge in [-0.1, -0.05) is 0 Å². The molecule has 2 bridgehead atoms. The quantitative estimate of drug-likeness (QED) is 0.715. The molecule has 1 heterocycles. The number of rotatable bonds is 2. The fourth-order valence-electron chi connectivity index (χ4n) is 3.64. The summed E-state index contributed by atoms with van der Waals surface area (Å²) in [5.74, 6) is -1.37. The van der Waals surface area contributed by atoms with Gasteiger partial charge in [0.15, 0.2) is 0 Å². The number of fused-ring (bicyclic) bond motifs is 2. The first-order valence-electron chi connectivity index (χ1n) is 5.79. The second-order valence-electron chi connectivity index (χ2n) is 5.33.